The smallest absolute Gasteiger partial charge is 0.261 e. The maximum Gasteiger partial charge on any atom is 0.261 e. The largest absolute Gasteiger partial charge is 0.324 e. The van der Waals surface area contributed by atoms with Crippen LogP contribution in [0.25, 0.3) is 0 Å². The van der Waals surface area contributed by atoms with Crippen LogP contribution in [0.1, 0.15) is 22.8 Å². The number of hydrogen-bond acceptors (Lipinski definition) is 5. The van der Waals surface area contributed by atoms with Crippen LogP contribution in [-0.2, 0) is 14.8 Å². The van der Waals surface area contributed by atoms with Gasteiger partial charge in [0.1, 0.15) is 0 Å². The lowest BCUT2D eigenvalue weighted by atomic mass is 10.1. The fraction of sp³-hybridized carbons (Fsp3) is 0.130. The van der Waals surface area contributed by atoms with Crippen molar-refractivity contribution < 1.29 is 18.0 Å². The lowest BCUT2D eigenvalue weighted by Crippen LogP contribution is -2.26. The lowest BCUT2D eigenvalue weighted by molar-refractivity contribution is -0.115. The molecule has 1 unspecified atom stereocenters. The molecule has 4 rings (SSSR count). The van der Waals surface area contributed by atoms with E-state index in [9.17, 15) is 18.0 Å². The lowest BCUT2D eigenvalue weighted by Gasteiger charge is -2.21. The Morgan fingerprint density at radius 2 is 1.78 bits per heavy atom. The van der Waals surface area contributed by atoms with E-state index < -0.39 is 10.0 Å². The highest BCUT2D eigenvalue weighted by atomic mass is 32.2. The number of thioether (sulfide) groups is 1. The van der Waals surface area contributed by atoms with Gasteiger partial charge < -0.3 is 10.6 Å². The molecule has 3 aromatic carbocycles. The Bertz CT molecular complexity index is 1310. The van der Waals surface area contributed by atoms with Crippen LogP contribution in [0.15, 0.2) is 76.5 Å². The van der Waals surface area contributed by atoms with Crippen molar-refractivity contribution in [2.24, 2.45) is 0 Å². The maximum absolute atomic E-state index is 12.8. The Labute approximate surface area is 190 Å². The molecule has 9 heteroatoms. The normalized spacial score (nSPS) is 15.4. The summed E-state index contributed by atoms with van der Waals surface area (Å²) >= 11 is 1.44. The summed E-state index contributed by atoms with van der Waals surface area (Å²) in [7, 11) is -3.76. The minimum atomic E-state index is -3.76. The summed E-state index contributed by atoms with van der Waals surface area (Å²) in [6, 6.07) is 18.3. The zero-order valence-corrected chi connectivity index (χ0v) is 19.0. The van der Waals surface area contributed by atoms with E-state index in [1.165, 1.54) is 23.9 Å². The third-order valence-corrected chi connectivity index (χ3v) is 7.51. The van der Waals surface area contributed by atoms with Crippen LogP contribution < -0.4 is 15.4 Å². The van der Waals surface area contributed by atoms with Crippen molar-refractivity contribution in [3.63, 3.8) is 0 Å². The number of hydrogen-bond donors (Lipinski definition) is 3. The Morgan fingerprint density at radius 3 is 2.50 bits per heavy atom. The Balaban J connectivity index is 1.51. The van der Waals surface area contributed by atoms with E-state index in [1.54, 1.807) is 55.5 Å². The first-order valence-corrected chi connectivity index (χ1v) is 12.2. The monoisotopic (exact) mass is 467 g/mol. The van der Waals surface area contributed by atoms with Gasteiger partial charge in [0.2, 0.25) is 5.91 Å². The first kappa shape index (κ1) is 21.9. The molecule has 0 fully saturated rings. The molecule has 7 nitrogen and oxygen atoms in total. The highest BCUT2D eigenvalue weighted by Gasteiger charge is 2.24. The number of para-hydroxylation sites is 1. The molecule has 1 aliphatic heterocycles. The minimum Gasteiger partial charge on any atom is -0.324 e. The van der Waals surface area contributed by atoms with Crippen LogP contribution in [0.4, 0.5) is 17.1 Å². The molecule has 32 heavy (non-hydrogen) atoms. The van der Waals surface area contributed by atoms with E-state index in [0.717, 1.165) is 4.90 Å². The third-order valence-electron chi connectivity index (χ3n) is 4.95. The summed E-state index contributed by atoms with van der Waals surface area (Å²) in [5.74, 6) is -0.455. The van der Waals surface area contributed by atoms with Crippen molar-refractivity contribution in [2.45, 2.75) is 28.9 Å². The van der Waals surface area contributed by atoms with Gasteiger partial charge in [0, 0.05) is 21.8 Å². The predicted molar refractivity (Wildman–Crippen MR) is 127 cm³/mol. The van der Waals surface area contributed by atoms with Crippen molar-refractivity contribution >= 4 is 50.7 Å². The molecular weight excluding hydrogens is 446 g/mol. The Morgan fingerprint density at radius 1 is 1.03 bits per heavy atom. The summed E-state index contributed by atoms with van der Waals surface area (Å²) in [6.45, 7) is 3.55. The zero-order chi connectivity index (χ0) is 22.9. The summed E-state index contributed by atoms with van der Waals surface area (Å²) in [6.07, 6.45) is 0. The standard InChI is InChI=1S/C23H21N3O4S2/c1-14-12-18(32(29,30)26-17-6-4-3-5-7-17)9-10-19(14)24-23(28)16-8-11-21-20(13-16)25-22(27)15(2)31-21/h3-13,15,26H,1-2H3,(H,24,28)(H,25,27). The first-order valence-electron chi connectivity index (χ1n) is 9.84. The number of anilines is 3. The summed E-state index contributed by atoms with van der Waals surface area (Å²) in [5.41, 5.74) is 2.56. The molecule has 0 bridgehead atoms. The molecule has 0 saturated heterocycles. The van der Waals surface area contributed by atoms with Gasteiger partial charge in [-0.2, -0.15) is 0 Å². The molecule has 0 spiro atoms. The average Bonchev–Trinajstić information content (AvgIpc) is 2.76. The highest BCUT2D eigenvalue weighted by molar-refractivity contribution is 8.01. The first-order chi connectivity index (χ1) is 15.2. The van der Waals surface area contributed by atoms with Crippen LogP contribution in [0.3, 0.4) is 0 Å². The Hall–Kier alpha value is -3.30. The van der Waals surface area contributed by atoms with Crippen molar-refractivity contribution in [2.75, 3.05) is 15.4 Å². The number of benzene rings is 3. The molecule has 164 valence electrons. The number of amides is 2. The van der Waals surface area contributed by atoms with Crippen LogP contribution >= 0.6 is 11.8 Å². The topological polar surface area (TPSA) is 104 Å². The van der Waals surface area contributed by atoms with E-state index in [-0.39, 0.29) is 22.0 Å². The van der Waals surface area contributed by atoms with Gasteiger partial charge in [0.25, 0.3) is 15.9 Å². The van der Waals surface area contributed by atoms with Gasteiger partial charge in [0.15, 0.2) is 0 Å². The minimum absolute atomic E-state index is 0.0967. The van der Waals surface area contributed by atoms with Crippen molar-refractivity contribution in [3.05, 3.63) is 77.9 Å². The molecule has 3 N–H and O–H groups in total. The Kier molecular flexibility index (Phi) is 5.94. The van der Waals surface area contributed by atoms with Crippen LogP contribution in [0, 0.1) is 6.92 Å². The van der Waals surface area contributed by atoms with Crippen molar-refractivity contribution in [1.29, 1.82) is 0 Å². The summed E-state index contributed by atoms with van der Waals surface area (Å²) in [4.78, 5) is 25.7. The quantitative estimate of drug-likeness (QED) is 0.513. The molecular formula is C23H21N3O4S2. The summed E-state index contributed by atoms with van der Waals surface area (Å²) < 4.78 is 27.9. The molecule has 0 saturated carbocycles. The molecule has 2 amide bonds. The van der Waals surface area contributed by atoms with Crippen LogP contribution in [0.5, 0.6) is 0 Å². The third kappa shape index (κ3) is 4.63. The average molecular weight is 468 g/mol. The second-order valence-electron chi connectivity index (χ2n) is 7.36. The fourth-order valence-corrected chi connectivity index (χ4v) is 5.28. The molecule has 1 heterocycles. The number of nitrogens with one attached hydrogen (secondary N) is 3. The van der Waals surface area contributed by atoms with E-state index in [2.05, 4.69) is 15.4 Å². The maximum atomic E-state index is 12.8. The molecule has 3 aromatic rings. The highest BCUT2D eigenvalue weighted by Crippen LogP contribution is 2.36. The van der Waals surface area contributed by atoms with Gasteiger partial charge in [-0.05, 0) is 67.9 Å². The van der Waals surface area contributed by atoms with Gasteiger partial charge in [-0.1, -0.05) is 18.2 Å². The van der Waals surface area contributed by atoms with Gasteiger partial charge in [-0.15, -0.1) is 11.8 Å². The van der Waals surface area contributed by atoms with E-state index >= 15 is 0 Å². The number of carbonyl (C=O) groups excluding carboxylic acids is 2. The molecule has 0 aliphatic carbocycles. The number of aryl methyl sites for hydroxylation is 1. The van der Waals surface area contributed by atoms with Gasteiger partial charge in [-0.25, -0.2) is 8.42 Å². The van der Waals surface area contributed by atoms with Crippen LogP contribution in [0.2, 0.25) is 0 Å². The van der Waals surface area contributed by atoms with E-state index in [1.807, 2.05) is 13.0 Å². The van der Waals surface area contributed by atoms with Crippen LogP contribution in [-0.4, -0.2) is 25.5 Å². The van der Waals surface area contributed by atoms with Gasteiger partial charge in [-0.3, -0.25) is 14.3 Å². The molecule has 0 radical (unpaired) electrons. The molecule has 0 aromatic heterocycles. The van der Waals surface area contributed by atoms with Crippen molar-refractivity contribution in [1.82, 2.24) is 0 Å². The SMILES string of the molecule is Cc1cc(S(=O)(=O)Nc2ccccc2)ccc1NC(=O)c1ccc2c(c1)NC(=O)C(C)S2. The summed E-state index contributed by atoms with van der Waals surface area (Å²) in [5, 5.41) is 5.43. The van der Waals surface area contributed by atoms with E-state index in [0.29, 0.717) is 28.2 Å². The van der Waals surface area contributed by atoms with Gasteiger partial charge >= 0.3 is 0 Å². The number of rotatable bonds is 5. The van der Waals surface area contributed by atoms with Crippen molar-refractivity contribution in [3.8, 4) is 0 Å². The molecule has 1 atom stereocenters. The van der Waals surface area contributed by atoms with E-state index in [4.69, 9.17) is 0 Å². The molecule has 1 aliphatic rings. The van der Waals surface area contributed by atoms with Gasteiger partial charge in [0.05, 0.1) is 15.8 Å². The fourth-order valence-electron chi connectivity index (χ4n) is 3.21. The second kappa shape index (κ2) is 8.68. The second-order valence-corrected chi connectivity index (χ2v) is 10.4. The number of sulfonamides is 1. The predicted octanol–water partition coefficient (Wildman–Crippen LogP) is 4.48. The zero-order valence-electron chi connectivity index (χ0n) is 17.4. The number of carbonyl (C=O) groups is 2. The number of fused-ring (bicyclic) bond motifs is 1.